The maximum Gasteiger partial charge on any atom is 0.207 e. The van der Waals surface area contributed by atoms with Crippen molar-refractivity contribution in [3.05, 3.63) is 71.3 Å². The van der Waals surface area contributed by atoms with Gasteiger partial charge in [0.2, 0.25) is 4.77 Å². The van der Waals surface area contributed by atoms with Crippen LogP contribution >= 0.6 is 12.2 Å². The predicted octanol–water partition coefficient (Wildman–Crippen LogP) is 2.07. The third-order valence-electron chi connectivity index (χ3n) is 5.07. The predicted molar refractivity (Wildman–Crippen MR) is 106 cm³/mol. The van der Waals surface area contributed by atoms with Gasteiger partial charge in [-0.05, 0) is 42.9 Å². The van der Waals surface area contributed by atoms with E-state index in [0.717, 1.165) is 43.3 Å². The van der Waals surface area contributed by atoms with E-state index in [9.17, 15) is 0 Å². The number of quaternary nitrogens is 1. The van der Waals surface area contributed by atoms with E-state index in [1.165, 1.54) is 16.2 Å². The normalized spacial score (nSPS) is 15.3. The van der Waals surface area contributed by atoms with Gasteiger partial charge in [0.05, 0.1) is 31.9 Å². The first-order valence-electron chi connectivity index (χ1n) is 9.06. The first-order valence-corrected chi connectivity index (χ1v) is 9.47. The van der Waals surface area contributed by atoms with E-state index in [-0.39, 0.29) is 0 Å². The van der Waals surface area contributed by atoms with Gasteiger partial charge in [0.25, 0.3) is 0 Å². The van der Waals surface area contributed by atoms with Crippen LogP contribution in [0.15, 0.2) is 60.9 Å². The van der Waals surface area contributed by atoms with Crippen LogP contribution in [-0.4, -0.2) is 40.5 Å². The number of anilines is 1. The van der Waals surface area contributed by atoms with Crippen LogP contribution in [0, 0.1) is 11.7 Å². The Bertz CT molecular complexity index is 923. The molecule has 6 heteroatoms. The molecule has 2 heterocycles. The molecule has 5 nitrogen and oxygen atoms in total. The lowest BCUT2D eigenvalue weighted by Crippen LogP contribution is -3.14. The van der Waals surface area contributed by atoms with Crippen LogP contribution in [0.5, 0.6) is 0 Å². The minimum atomic E-state index is 0.761. The lowest BCUT2D eigenvalue weighted by Gasteiger charge is -2.33. The average molecular weight is 367 g/mol. The Kier molecular flexibility index (Phi) is 4.86. The second kappa shape index (κ2) is 7.43. The smallest absolute Gasteiger partial charge is 0.207 e. The van der Waals surface area contributed by atoms with Crippen LogP contribution in [-0.2, 0) is 6.67 Å². The topological polar surface area (TPSA) is 30.4 Å². The molecule has 26 heavy (non-hydrogen) atoms. The number of rotatable bonds is 4. The summed E-state index contributed by atoms with van der Waals surface area (Å²) in [5, 5.41) is 4.55. The van der Waals surface area contributed by atoms with E-state index in [0.29, 0.717) is 0 Å². The number of hydrogen-bond acceptors (Lipinski definition) is 3. The number of nitrogens with one attached hydrogen (secondary N) is 1. The standard InChI is InChI=1S/C20H23N5S/c1-17-7-5-6-10-19(17)24-15-21-25(20(24)26)16-22-11-13-23(14-12-22)18-8-3-2-4-9-18/h2-10,15H,11-14,16H2,1H3/p+1. The molecule has 0 bridgehead atoms. The number of aryl methyl sites for hydroxylation is 1. The van der Waals surface area contributed by atoms with Gasteiger partial charge in [-0.1, -0.05) is 36.4 Å². The maximum atomic E-state index is 5.67. The first-order chi connectivity index (χ1) is 12.7. The zero-order valence-electron chi connectivity index (χ0n) is 15.0. The molecular formula is C20H24N5S+. The molecule has 0 amide bonds. The molecule has 1 aromatic heterocycles. The number of piperazine rings is 1. The van der Waals surface area contributed by atoms with E-state index in [1.807, 2.05) is 27.7 Å². The van der Waals surface area contributed by atoms with Crippen LogP contribution in [0.1, 0.15) is 5.56 Å². The highest BCUT2D eigenvalue weighted by Gasteiger charge is 2.21. The van der Waals surface area contributed by atoms with Gasteiger partial charge < -0.3 is 9.80 Å². The third-order valence-corrected chi connectivity index (χ3v) is 5.48. The zero-order valence-corrected chi connectivity index (χ0v) is 15.8. The number of hydrogen-bond donors (Lipinski definition) is 1. The molecule has 0 aliphatic carbocycles. The molecule has 1 fully saturated rings. The Morgan fingerprint density at radius 3 is 2.42 bits per heavy atom. The van der Waals surface area contributed by atoms with Crippen LogP contribution in [0.3, 0.4) is 0 Å². The van der Waals surface area contributed by atoms with Gasteiger partial charge in [-0.3, -0.25) is 4.57 Å². The monoisotopic (exact) mass is 366 g/mol. The van der Waals surface area contributed by atoms with Crippen LogP contribution in [0.25, 0.3) is 5.69 Å². The molecule has 0 saturated carbocycles. The summed E-state index contributed by atoms with van der Waals surface area (Å²) in [4.78, 5) is 3.97. The zero-order chi connectivity index (χ0) is 17.9. The Balaban J connectivity index is 1.43. The average Bonchev–Trinajstić information content (AvgIpc) is 3.04. The molecule has 0 radical (unpaired) electrons. The molecule has 0 atom stereocenters. The molecule has 134 valence electrons. The van der Waals surface area contributed by atoms with Gasteiger partial charge in [0.15, 0.2) is 6.67 Å². The quantitative estimate of drug-likeness (QED) is 0.717. The molecule has 4 rings (SSSR count). The molecule has 1 aliphatic rings. The van der Waals surface area contributed by atoms with E-state index in [1.54, 1.807) is 0 Å². The van der Waals surface area contributed by atoms with Crippen LogP contribution < -0.4 is 9.80 Å². The fraction of sp³-hybridized carbons (Fsp3) is 0.300. The van der Waals surface area contributed by atoms with Crippen molar-refractivity contribution in [3.63, 3.8) is 0 Å². The third kappa shape index (κ3) is 3.43. The molecule has 0 spiro atoms. The van der Waals surface area contributed by atoms with E-state index in [4.69, 9.17) is 12.2 Å². The van der Waals surface area contributed by atoms with Gasteiger partial charge >= 0.3 is 0 Å². The van der Waals surface area contributed by atoms with Gasteiger partial charge in [-0.2, -0.15) is 9.78 Å². The van der Waals surface area contributed by atoms with Crippen molar-refractivity contribution in [3.8, 4) is 5.69 Å². The summed E-state index contributed by atoms with van der Waals surface area (Å²) in [6.45, 7) is 7.22. The Labute approximate surface area is 159 Å². The second-order valence-corrected chi connectivity index (χ2v) is 7.17. The largest absolute Gasteiger partial charge is 0.360 e. The number of aromatic nitrogens is 3. The Morgan fingerprint density at radius 2 is 1.69 bits per heavy atom. The lowest BCUT2D eigenvalue weighted by atomic mass is 10.2. The first kappa shape index (κ1) is 17.0. The van der Waals surface area contributed by atoms with Crippen molar-refractivity contribution in [2.24, 2.45) is 0 Å². The fourth-order valence-electron chi connectivity index (χ4n) is 3.53. The maximum absolute atomic E-state index is 5.67. The van der Waals surface area contributed by atoms with Gasteiger partial charge in [0.1, 0.15) is 6.33 Å². The van der Waals surface area contributed by atoms with Crippen molar-refractivity contribution >= 4 is 17.9 Å². The van der Waals surface area contributed by atoms with Gasteiger partial charge in [-0.25, -0.2) is 0 Å². The summed E-state index contributed by atoms with van der Waals surface area (Å²) < 4.78 is 4.72. The van der Waals surface area contributed by atoms with Crippen molar-refractivity contribution < 1.29 is 4.90 Å². The minimum absolute atomic E-state index is 0.761. The number of benzene rings is 2. The summed E-state index contributed by atoms with van der Waals surface area (Å²) in [7, 11) is 0. The van der Waals surface area contributed by atoms with Crippen molar-refractivity contribution in [2.45, 2.75) is 13.6 Å². The highest BCUT2D eigenvalue weighted by atomic mass is 32.1. The minimum Gasteiger partial charge on any atom is -0.360 e. The van der Waals surface area contributed by atoms with E-state index in [2.05, 4.69) is 59.4 Å². The van der Waals surface area contributed by atoms with Crippen molar-refractivity contribution in [1.82, 2.24) is 14.3 Å². The van der Waals surface area contributed by atoms with Crippen LogP contribution in [0.4, 0.5) is 5.69 Å². The van der Waals surface area contributed by atoms with Crippen molar-refractivity contribution in [2.75, 3.05) is 31.1 Å². The molecule has 0 unspecified atom stereocenters. The number of para-hydroxylation sites is 2. The highest BCUT2D eigenvalue weighted by Crippen LogP contribution is 2.14. The molecule has 1 N–H and O–H groups in total. The Morgan fingerprint density at radius 1 is 1.00 bits per heavy atom. The van der Waals surface area contributed by atoms with Gasteiger partial charge in [-0.15, -0.1) is 0 Å². The number of nitrogens with zero attached hydrogens (tertiary/aromatic N) is 4. The highest BCUT2D eigenvalue weighted by molar-refractivity contribution is 7.71. The van der Waals surface area contributed by atoms with E-state index < -0.39 is 0 Å². The van der Waals surface area contributed by atoms with Gasteiger partial charge in [0, 0.05) is 5.69 Å². The molecule has 1 aliphatic heterocycles. The lowest BCUT2D eigenvalue weighted by molar-refractivity contribution is -0.924. The fourth-order valence-corrected chi connectivity index (χ4v) is 3.79. The SMILES string of the molecule is Cc1ccccc1-n1cnn(C[NH+]2CCN(c3ccccc3)CC2)c1=S. The van der Waals surface area contributed by atoms with Crippen LogP contribution in [0.2, 0.25) is 0 Å². The summed E-state index contributed by atoms with van der Waals surface area (Å²) in [5.41, 5.74) is 3.62. The molecule has 1 saturated heterocycles. The second-order valence-electron chi connectivity index (χ2n) is 6.80. The molecular weight excluding hydrogens is 342 g/mol. The van der Waals surface area contributed by atoms with E-state index >= 15 is 0 Å². The van der Waals surface area contributed by atoms with Crippen molar-refractivity contribution in [1.29, 1.82) is 0 Å². The molecule has 2 aromatic carbocycles. The molecule has 3 aromatic rings. The summed E-state index contributed by atoms with van der Waals surface area (Å²) in [6, 6.07) is 18.9. The summed E-state index contributed by atoms with van der Waals surface area (Å²) in [6.07, 6.45) is 1.84. The summed E-state index contributed by atoms with van der Waals surface area (Å²) in [5.74, 6) is 0. The Hall–Kier alpha value is -2.44. The summed E-state index contributed by atoms with van der Waals surface area (Å²) >= 11 is 5.67.